The quantitative estimate of drug-likeness (QED) is 0.691. The van der Waals surface area contributed by atoms with E-state index in [-0.39, 0.29) is 28.6 Å². The maximum Gasteiger partial charge on any atom is 0.267 e. The molecule has 0 aromatic carbocycles. The van der Waals surface area contributed by atoms with Crippen molar-refractivity contribution in [3.8, 4) is 0 Å². The Labute approximate surface area is 149 Å². The molecule has 26 heavy (non-hydrogen) atoms. The molecule has 7 nitrogen and oxygen atoms in total. The number of pyridine rings is 2. The highest BCUT2D eigenvalue weighted by molar-refractivity contribution is 5.96. The van der Waals surface area contributed by atoms with Crippen molar-refractivity contribution in [3.05, 3.63) is 51.4 Å². The smallest absolute Gasteiger partial charge is 0.267 e. The minimum atomic E-state index is -0.364. The Morgan fingerprint density at radius 2 is 2.04 bits per heavy atom. The van der Waals surface area contributed by atoms with Crippen LogP contribution in [0.4, 0.5) is 0 Å². The molecule has 3 aromatic heterocycles. The number of nitrogens with zero attached hydrogens (tertiary/aromatic N) is 3. The molecule has 134 valence electrons. The van der Waals surface area contributed by atoms with E-state index >= 15 is 0 Å². The molecule has 1 aliphatic rings. The van der Waals surface area contributed by atoms with Gasteiger partial charge in [-0.1, -0.05) is 18.9 Å². The summed E-state index contributed by atoms with van der Waals surface area (Å²) in [5, 5.41) is 11.5. The molecule has 1 saturated carbocycles. The summed E-state index contributed by atoms with van der Waals surface area (Å²) < 4.78 is 3.29. The van der Waals surface area contributed by atoms with E-state index in [4.69, 9.17) is 5.41 Å². The molecular formula is C19H21N5O2. The minimum Gasteiger partial charge on any atom is -0.355 e. The van der Waals surface area contributed by atoms with Gasteiger partial charge in [0.15, 0.2) is 0 Å². The molecule has 0 atom stereocenters. The van der Waals surface area contributed by atoms with Crippen molar-refractivity contribution in [2.45, 2.75) is 38.6 Å². The van der Waals surface area contributed by atoms with E-state index in [1.165, 1.54) is 17.5 Å². The molecule has 0 spiro atoms. The van der Waals surface area contributed by atoms with Gasteiger partial charge in [-0.15, -0.1) is 0 Å². The number of hydrogen-bond acceptors (Lipinski definition) is 4. The first kappa shape index (κ1) is 16.5. The fourth-order valence-corrected chi connectivity index (χ4v) is 3.83. The largest absolute Gasteiger partial charge is 0.355 e. The van der Waals surface area contributed by atoms with Crippen LogP contribution in [0.3, 0.4) is 0 Å². The van der Waals surface area contributed by atoms with Gasteiger partial charge in [0.05, 0.1) is 10.9 Å². The van der Waals surface area contributed by atoms with E-state index in [1.807, 2.05) is 19.1 Å². The van der Waals surface area contributed by atoms with Crippen molar-refractivity contribution in [2.75, 3.05) is 7.05 Å². The number of hydrogen-bond donors (Lipinski definition) is 2. The van der Waals surface area contributed by atoms with Crippen LogP contribution in [-0.4, -0.2) is 26.9 Å². The van der Waals surface area contributed by atoms with E-state index < -0.39 is 0 Å². The molecule has 4 rings (SSSR count). The second-order valence-electron chi connectivity index (χ2n) is 6.88. The van der Waals surface area contributed by atoms with Gasteiger partial charge in [-0.3, -0.25) is 19.4 Å². The molecule has 0 bridgehead atoms. The van der Waals surface area contributed by atoms with Crippen LogP contribution in [0, 0.1) is 12.3 Å². The fraction of sp³-hybridized carbons (Fsp3) is 0.368. The third-order valence-corrected chi connectivity index (χ3v) is 5.16. The Hall–Kier alpha value is -2.96. The van der Waals surface area contributed by atoms with Crippen LogP contribution in [0.15, 0.2) is 29.2 Å². The van der Waals surface area contributed by atoms with Gasteiger partial charge in [0.2, 0.25) is 0 Å². The second-order valence-corrected chi connectivity index (χ2v) is 6.88. The summed E-state index contributed by atoms with van der Waals surface area (Å²) in [6.45, 7) is 1.91. The molecule has 0 radical (unpaired) electrons. The Bertz CT molecular complexity index is 1150. The highest BCUT2D eigenvalue weighted by atomic mass is 16.1. The summed E-state index contributed by atoms with van der Waals surface area (Å²) in [6.07, 6.45) is 5.76. The van der Waals surface area contributed by atoms with Gasteiger partial charge >= 0.3 is 0 Å². The van der Waals surface area contributed by atoms with Gasteiger partial charge in [0.1, 0.15) is 16.8 Å². The maximum absolute atomic E-state index is 13.1. The van der Waals surface area contributed by atoms with Gasteiger partial charge in [-0.25, -0.2) is 4.98 Å². The van der Waals surface area contributed by atoms with Crippen LogP contribution in [0.5, 0.6) is 0 Å². The fourth-order valence-electron chi connectivity index (χ4n) is 3.83. The van der Waals surface area contributed by atoms with Gasteiger partial charge in [-0.05, 0) is 37.5 Å². The molecule has 3 heterocycles. The third-order valence-electron chi connectivity index (χ3n) is 5.16. The lowest BCUT2D eigenvalue weighted by molar-refractivity contribution is 0.0960. The first-order chi connectivity index (χ1) is 12.5. The molecule has 0 aliphatic heterocycles. The summed E-state index contributed by atoms with van der Waals surface area (Å²) in [5.41, 5.74) is 2.10. The normalized spacial score (nSPS) is 15.0. The van der Waals surface area contributed by atoms with Crippen LogP contribution in [0.1, 0.15) is 47.6 Å². The molecule has 3 aromatic rings. The summed E-state index contributed by atoms with van der Waals surface area (Å²) in [7, 11) is 1.53. The van der Waals surface area contributed by atoms with Gasteiger partial charge in [0.25, 0.3) is 11.5 Å². The van der Waals surface area contributed by atoms with Gasteiger partial charge in [-0.2, -0.15) is 0 Å². The van der Waals surface area contributed by atoms with Crippen molar-refractivity contribution in [2.24, 2.45) is 0 Å². The lowest BCUT2D eigenvalue weighted by Crippen LogP contribution is -2.35. The zero-order valence-corrected chi connectivity index (χ0v) is 14.9. The Morgan fingerprint density at radius 1 is 1.31 bits per heavy atom. The average Bonchev–Trinajstić information content (AvgIpc) is 3.16. The molecule has 0 unspecified atom stereocenters. The lowest BCUT2D eigenvalue weighted by atomic mass is 10.1. The molecule has 7 heteroatoms. The Morgan fingerprint density at radius 3 is 2.73 bits per heavy atom. The number of carbonyl (C=O) groups excluding carboxylic acids is 1. The highest BCUT2D eigenvalue weighted by Crippen LogP contribution is 2.30. The number of carbonyl (C=O) groups is 1. The van der Waals surface area contributed by atoms with E-state index in [0.29, 0.717) is 16.7 Å². The predicted octanol–water partition coefficient (Wildman–Crippen LogP) is 1.91. The lowest BCUT2D eigenvalue weighted by Gasteiger charge is -2.19. The molecule has 2 N–H and O–H groups in total. The second kappa shape index (κ2) is 6.09. The monoisotopic (exact) mass is 351 g/mol. The molecule has 1 aliphatic carbocycles. The number of amides is 1. The molecule has 1 fully saturated rings. The SMILES string of the molecule is CNC(=O)c1cc2c(=O)n3cc(C)ccc3nc2n(C2CCCC2)c1=N. The van der Waals surface area contributed by atoms with E-state index in [2.05, 4.69) is 10.3 Å². The van der Waals surface area contributed by atoms with Crippen molar-refractivity contribution in [1.29, 1.82) is 5.41 Å². The van der Waals surface area contributed by atoms with Crippen LogP contribution in [0.2, 0.25) is 0 Å². The Balaban J connectivity index is 2.17. The van der Waals surface area contributed by atoms with Crippen molar-refractivity contribution < 1.29 is 4.79 Å². The molecule has 0 saturated heterocycles. The number of rotatable bonds is 2. The number of nitrogens with one attached hydrogen (secondary N) is 2. The standard InChI is InChI=1S/C19H21N5O2/c1-11-7-8-15-22-17-14(19(26)23(15)10-11)9-13(18(25)21-2)16(20)24(17)12-5-3-4-6-12/h7-10,12,20H,3-6H2,1-2H3,(H,21,25). The van der Waals surface area contributed by atoms with Crippen LogP contribution >= 0.6 is 0 Å². The van der Waals surface area contributed by atoms with E-state index in [0.717, 1.165) is 31.2 Å². The Kier molecular flexibility index (Phi) is 3.86. The van der Waals surface area contributed by atoms with Crippen molar-refractivity contribution in [1.82, 2.24) is 19.3 Å². The molecular weight excluding hydrogens is 330 g/mol. The average molecular weight is 351 g/mol. The summed E-state index contributed by atoms with van der Waals surface area (Å²) in [6, 6.07) is 5.32. The van der Waals surface area contributed by atoms with Gasteiger partial charge < -0.3 is 9.88 Å². The van der Waals surface area contributed by atoms with Crippen LogP contribution in [0.25, 0.3) is 16.7 Å². The summed E-state index contributed by atoms with van der Waals surface area (Å²) >= 11 is 0. The van der Waals surface area contributed by atoms with Gasteiger partial charge in [0, 0.05) is 19.3 Å². The van der Waals surface area contributed by atoms with E-state index in [9.17, 15) is 9.59 Å². The topological polar surface area (TPSA) is 92.2 Å². The van der Waals surface area contributed by atoms with Crippen LogP contribution in [-0.2, 0) is 0 Å². The zero-order valence-electron chi connectivity index (χ0n) is 14.9. The third kappa shape index (κ3) is 2.42. The van der Waals surface area contributed by atoms with Crippen molar-refractivity contribution >= 4 is 22.6 Å². The summed E-state index contributed by atoms with van der Waals surface area (Å²) in [4.78, 5) is 30.1. The predicted molar refractivity (Wildman–Crippen MR) is 98.4 cm³/mol. The maximum atomic E-state index is 13.1. The minimum absolute atomic E-state index is 0.0920. The van der Waals surface area contributed by atoms with E-state index in [1.54, 1.807) is 10.8 Å². The number of aromatic nitrogens is 3. The number of fused-ring (bicyclic) bond motifs is 2. The highest BCUT2D eigenvalue weighted by Gasteiger charge is 2.24. The van der Waals surface area contributed by atoms with Crippen molar-refractivity contribution in [3.63, 3.8) is 0 Å². The zero-order chi connectivity index (χ0) is 18.4. The first-order valence-corrected chi connectivity index (χ1v) is 8.86. The first-order valence-electron chi connectivity index (χ1n) is 8.86. The summed E-state index contributed by atoms with van der Waals surface area (Å²) in [5.74, 6) is -0.364. The number of aryl methyl sites for hydroxylation is 1. The van der Waals surface area contributed by atoms with Crippen LogP contribution < -0.4 is 16.4 Å². The molecule has 1 amide bonds.